The second kappa shape index (κ2) is 5.63. The van der Waals surface area contributed by atoms with Crippen molar-refractivity contribution >= 4 is 5.91 Å². The van der Waals surface area contributed by atoms with E-state index in [2.05, 4.69) is 5.32 Å². The second-order valence-electron chi connectivity index (χ2n) is 3.91. The Morgan fingerprint density at radius 2 is 2.12 bits per heavy atom. The number of carbonyl (C=O) groups excluding carboxylic acids is 1. The Labute approximate surface area is 100.0 Å². The van der Waals surface area contributed by atoms with Gasteiger partial charge in [0.1, 0.15) is 0 Å². The zero-order valence-corrected chi connectivity index (χ0v) is 10.2. The van der Waals surface area contributed by atoms with Crippen LogP contribution in [0.15, 0.2) is 18.2 Å². The van der Waals surface area contributed by atoms with Gasteiger partial charge in [-0.15, -0.1) is 0 Å². The number of methoxy groups -OCH3 is 1. The van der Waals surface area contributed by atoms with Crippen molar-refractivity contribution in [2.45, 2.75) is 25.9 Å². The fourth-order valence-electron chi connectivity index (χ4n) is 1.50. The number of hydrogen-bond donors (Lipinski definition) is 2. The maximum absolute atomic E-state index is 13.2. The molecule has 0 saturated carbocycles. The summed E-state index contributed by atoms with van der Waals surface area (Å²) in [6.45, 7) is 3.55. The summed E-state index contributed by atoms with van der Waals surface area (Å²) in [7, 11) is 1.41. The van der Waals surface area contributed by atoms with Crippen molar-refractivity contribution in [3.63, 3.8) is 0 Å². The molecule has 0 radical (unpaired) electrons. The lowest BCUT2D eigenvalue weighted by atomic mass is 10.1. The summed E-state index contributed by atoms with van der Waals surface area (Å²) in [6, 6.07) is 4.01. The van der Waals surface area contributed by atoms with Crippen LogP contribution in [0.4, 0.5) is 4.39 Å². The molecule has 1 aromatic carbocycles. The minimum absolute atomic E-state index is 0.119. The van der Waals surface area contributed by atoms with E-state index in [0.717, 1.165) is 5.56 Å². The standard InChI is InChI=1S/C12H17FN2O2/c1-7(15-8(2)12(14)16)9-4-5-10(13)11(6-9)17-3/h4-8,15H,1-3H3,(H2,14,16). The van der Waals surface area contributed by atoms with Gasteiger partial charge in [-0.1, -0.05) is 6.07 Å². The fourth-order valence-corrected chi connectivity index (χ4v) is 1.50. The predicted octanol–water partition coefficient (Wildman–Crippen LogP) is 1.36. The Morgan fingerprint density at radius 1 is 1.47 bits per heavy atom. The number of rotatable bonds is 5. The number of primary amides is 1. The van der Waals surface area contributed by atoms with Gasteiger partial charge in [-0.25, -0.2) is 4.39 Å². The normalized spacial score (nSPS) is 14.1. The lowest BCUT2D eigenvalue weighted by molar-refractivity contribution is -0.119. The van der Waals surface area contributed by atoms with E-state index in [1.165, 1.54) is 13.2 Å². The Kier molecular flexibility index (Phi) is 4.45. The highest BCUT2D eigenvalue weighted by Crippen LogP contribution is 2.22. The molecule has 2 unspecified atom stereocenters. The van der Waals surface area contributed by atoms with E-state index in [1.807, 2.05) is 6.92 Å². The van der Waals surface area contributed by atoms with Crippen molar-refractivity contribution < 1.29 is 13.9 Å². The smallest absolute Gasteiger partial charge is 0.234 e. The molecule has 0 bridgehead atoms. The summed E-state index contributed by atoms with van der Waals surface area (Å²) in [5.41, 5.74) is 5.99. The van der Waals surface area contributed by atoms with Gasteiger partial charge in [-0.3, -0.25) is 10.1 Å². The van der Waals surface area contributed by atoms with Gasteiger partial charge < -0.3 is 10.5 Å². The van der Waals surface area contributed by atoms with E-state index >= 15 is 0 Å². The van der Waals surface area contributed by atoms with Crippen LogP contribution < -0.4 is 15.8 Å². The summed E-state index contributed by atoms with van der Waals surface area (Å²) in [4.78, 5) is 10.9. The first-order valence-electron chi connectivity index (χ1n) is 5.34. The number of halogens is 1. The van der Waals surface area contributed by atoms with Crippen LogP contribution in [-0.2, 0) is 4.79 Å². The van der Waals surface area contributed by atoms with Crippen LogP contribution in [0.3, 0.4) is 0 Å². The largest absolute Gasteiger partial charge is 0.494 e. The molecule has 17 heavy (non-hydrogen) atoms. The van der Waals surface area contributed by atoms with E-state index in [4.69, 9.17) is 10.5 Å². The molecule has 0 aliphatic carbocycles. The Bertz CT molecular complexity index is 409. The quantitative estimate of drug-likeness (QED) is 0.816. The number of benzene rings is 1. The topological polar surface area (TPSA) is 64.3 Å². The molecule has 0 aliphatic rings. The van der Waals surface area contributed by atoms with Gasteiger partial charge in [0, 0.05) is 6.04 Å². The van der Waals surface area contributed by atoms with Gasteiger partial charge in [0.25, 0.3) is 0 Å². The first kappa shape index (κ1) is 13.4. The third-order valence-electron chi connectivity index (χ3n) is 2.60. The molecule has 1 rings (SSSR count). The lowest BCUT2D eigenvalue weighted by Gasteiger charge is -2.18. The molecule has 3 N–H and O–H groups in total. The molecule has 0 saturated heterocycles. The van der Waals surface area contributed by atoms with Crippen molar-refractivity contribution in [2.75, 3.05) is 7.11 Å². The van der Waals surface area contributed by atoms with Crippen molar-refractivity contribution in [2.24, 2.45) is 5.73 Å². The van der Waals surface area contributed by atoms with Gasteiger partial charge in [0.2, 0.25) is 5.91 Å². The molecule has 5 heteroatoms. The number of nitrogens with two attached hydrogens (primary N) is 1. The summed E-state index contributed by atoms with van der Waals surface area (Å²) in [5, 5.41) is 3.01. The molecule has 0 aliphatic heterocycles. The van der Waals surface area contributed by atoms with E-state index in [-0.39, 0.29) is 11.8 Å². The summed E-state index contributed by atoms with van der Waals surface area (Å²) in [5.74, 6) is -0.653. The maximum atomic E-state index is 13.2. The molecular formula is C12H17FN2O2. The van der Waals surface area contributed by atoms with E-state index in [9.17, 15) is 9.18 Å². The highest BCUT2D eigenvalue weighted by atomic mass is 19.1. The zero-order valence-electron chi connectivity index (χ0n) is 10.2. The van der Waals surface area contributed by atoms with Gasteiger partial charge in [0.05, 0.1) is 13.2 Å². The predicted molar refractivity (Wildman–Crippen MR) is 63.2 cm³/mol. The number of nitrogens with one attached hydrogen (secondary N) is 1. The van der Waals surface area contributed by atoms with Crippen molar-refractivity contribution in [1.82, 2.24) is 5.32 Å². The van der Waals surface area contributed by atoms with Crippen molar-refractivity contribution in [3.8, 4) is 5.75 Å². The monoisotopic (exact) mass is 240 g/mol. The average Bonchev–Trinajstić information content (AvgIpc) is 2.29. The maximum Gasteiger partial charge on any atom is 0.234 e. The minimum Gasteiger partial charge on any atom is -0.494 e. The van der Waals surface area contributed by atoms with Crippen LogP contribution in [0.5, 0.6) is 5.75 Å². The lowest BCUT2D eigenvalue weighted by Crippen LogP contribution is -2.40. The summed E-state index contributed by atoms with van der Waals surface area (Å²) < 4.78 is 18.1. The van der Waals surface area contributed by atoms with Crippen LogP contribution in [-0.4, -0.2) is 19.1 Å². The third-order valence-corrected chi connectivity index (χ3v) is 2.60. The van der Waals surface area contributed by atoms with Gasteiger partial charge >= 0.3 is 0 Å². The molecule has 4 nitrogen and oxygen atoms in total. The molecule has 2 atom stereocenters. The van der Waals surface area contributed by atoms with Crippen LogP contribution in [0, 0.1) is 5.82 Å². The zero-order chi connectivity index (χ0) is 13.0. The molecule has 0 fully saturated rings. The van der Waals surface area contributed by atoms with Crippen molar-refractivity contribution in [1.29, 1.82) is 0 Å². The van der Waals surface area contributed by atoms with Crippen LogP contribution >= 0.6 is 0 Å². The molecule has 0 heterocycles. The molecule has 1 aromatic rings. The van der Waals surface area contributed by atoms with Gasteiger partial charge in [-0.2, -0.15) is 0 Å². The number of carbonyl (C=O) groups is 1. The minimum atomic E-state index is -0.443. The Morgan fingerprint density at radius 3 is 2.65 bits per heavy atom. The van der Waals surface area contributed by atoms with E-state index < -0.39 is 17.8 Å². The Hall–Kier alpha value is -1.62. The third kappa shape index (κ3) is 3.42. The van der Waals surface area contributed by atoms with Crippen molar-refractivity contribution in [3.05, 3.63) is 29.6 Å². The number of amides is 1. The first-order chi connectivity index (χ1) is 7.95. The number of hydrogen-bond acceptors (Lipinski definition) is 3. The van der Waals surface area contributed by atoms with E-state index in [1.54, 1.807) is 19.1 Å². The number of ether oxygens (including phenoxy) is 1. The van der Waals surface area contributed by atoms with Gasteiger partial charge in [-0.05, 0) is 31.5 Å². The van der Waals surface area contributed by atoms with Gasteiger partial charge in [0.15, 0.2) is 11.6 Å². The van der Waals surface area contributed by atoms with Crippen LogP contribution in [0.1, 0.15) is 25.5 Å². The molecule has 0 spiro atoms. The Balaban J connectivity index is 2.82. The average molecular weight is 240 g/mol. The van der Waals surface area contributed by atoms with Crippen LogP contribution in [0.2, 0.25) is 0 Å². The summed E-state index contributed by atoms with van der Waals surface area (Å²) >= 11 is 0. The SMILES string of the molecule is COc1cc(C(C)NC(C)C(N)=O)ccc1F. The molecular weight excluding hydrogens is 223 g/mol. The van der Waals surface area contributed by atoms with E-state index in [0.29, 0.717) is 0 Å². The highest BCUT2D eigenvalue weighted by Gasteiger charge is 2.14. The van der Waals surface area contributed by atoms with Crippen LogP contribution in [0.25, 0.3) is 0 Å². The molecule has 1 amide bonds. The first-order valence-corrected chi connectivity index (χ1v) is 5.34. The fraction of sp³-hybridized carbons (Fsp3) is 0.417. The highest BCUT2D eigenvalue weighted by molar-refractivity contribution is 5.79. The summed E-state index contributed by atoms with van der Waals surface area (Å²) in [6.07, 6.45) is 0. The molecule has 94 valence electrons. The molecule has 0 aromatic heterocycles. The second-order valence-corrected chi connectivity index (χ2v) is 3.91.